The molecule has 2 aromatic carbocycles. The van der Waals surface area contributed by atoms with E-state index in [1.54, 1.807) is 0 Å². The van der Waals surface area contributed by atoms with Crippen molar-refractivity contribution in [3.63, 3.8) is 0 Å². The lowest BCUT2D eigenvalue weighted by Crippen LogP contribution is -2.28. The molecule has 1 N–H and O–H groups in total. The van der Waals surface area contributed by atoms with Crippen LogP contribution in [0.2, 0.25) is 5.02 Å². The predicted octanol–water partition coefficient (Wildman–Crippen LogP) is 5.54. The Kier molecular flexibility index (Phi) is 6.30. The van der Waals surface area contributed by atoms with Crippen LogP contribution in [0.5, 0.6) is 0 Å². The molecule has 0 spiro atoms. The fraction of sp³-hybridized carbons (Fsp3) is 0.200. The molecule has 0 aliphatic rings. The van der Waals surface area contributed by atoms with E-state index in [0.29, 0.717) is 9.70 Å². The maximum atomic E-state index is 13.6. The first-order valence-corrected chi connectivity index (χ1v) is 9.20. The molecule has 31 heavy (non-hydrogen) atoms. The molecule has 0 atom stereocenters. The summed E-state index contributed by atoms with van der Waals surface area (Å²) in [6.45, 7) is -0.163. The van der Waals surface area contributed by atoms with E-state index in [4.69, 9.17) is 11.6 Å². The van der Waals surface area contributed by atoms with Crippen LogP contribution in [-0.4, -0.2) is 22.2 Å². The van der Waals surface area contributed by atoms with Crippen LogP contribution in [0, 0.1) is 0 Å². The summed E-state index contributed by atoms with van der Waals surface area (Å²) in [7, 11) is 0. The van der Waals surface area contributed by atoms with E-state index in [1.165, 1.54) is 36.4 Å². The number of nitrogens with one attached hydrogen (secondary N) is 1. The third-order valence-corrected chi connectivity index (χ3v) is 4.56. The highest BCUT2D eigenvalue weighted by atomic mass is 35.5. The van der Waals surface area contributed by atoms with Gasteiger partial charge in [-0.05, 0) is 42.3 Å². The van der Waals surface area contributed by atoms with Gasteiger partial charge in [-0.15, -0.1) is 0 Å². The van der Waals surface area contributed by atoms with Gasteiger partial charge < -0.3 is 5.32 Å². The second-order valence-electron chi connectivity index (χ2n) is 6.50. The normalized spacial score (nSPS) is 12.1. The third-order valence-electron chi connectivity index (χ3n) is 4.31. The minimum absolute atomic E-state index is 0.00231. The predicted molar refractivity (Wildman–Crippen MR) is 101 cm³/mol. The molecule has 0 unspecified atom stereocenters. The van der Waals surface area contributed by atoms with Gasteiger partial charge in [0, 0.05) is 11.6 Å². The Morgan fingerprint density at radius 2 is 1.68 bits per heavy atom. The van der Waals surface area contributed by atoms with E-state index in [1.807, 2.05) is 0 Å². The van der Waals surface area contributed by atoms with Gasteiger partial charge in [0.05, 0.1) is 23.0 Å². The number of carbonyl (C=O) groups is 1. The molecule has 1 amide bonds. The largest absolute Gasteiger partial charge is 0.434 e. The van der Waals surface area contributed by atoms with E-state index in [2.05, 4.69) is 10.4 Å². The van der Waals surface area contributed by atoms with Crippen molar-refractivity contribution >= 4 is 17.5 Å². The molecular formula is C20H14ClF6N3O. The van der Waals surface area contributed by atoms with Crippen LogP contribution in [0.15, 0.2) is 54.7 Å². The number of hydrogen-bond donors (Lipinski definition) is 1. The van der Waals surface area contributed by atoms with Crippen LogP contribution in [0.1, 0.15) is 27.2 Å². The average molecular weight is 462 g/mol. The van der Waals surface area contributed by atoms with Gasteiger partial charge in [-0.3, -0.25) is 4.79 Å². The second-order valence-corrected chi connectivity index (χ2v) is 6.93. The van der Waals surface area contributed by atoms with Crippen molar-refractivity contribution in [2.24, 2.45) is 0 Å². The Hall–Kier alpha value is -3.01. The minimum atomic E-state index is -4.89. The monoisotopic (exact) mass is 461 g/mol. The van der Waals surface area contributed by atoms with Gasteiger partial charge in [0.2, 0.25) is 0 Å². The van der Waals surface area contributed by atoms with E-state index >= 15 is 0 Å². The summed E-state index contributed by atoms with van der Waals surface area (Å²) in [6.07, 6.45) is -8.61. The Bertz CT molecular complexity index is 1070. The highest BCUT2D eigenvalue weighted by Gasteiger charge is 2.40. The number of hydrogen-bond acceptors (Lipinski definition) is 2. The van der Waals surface area contributed by atoms with Crippen molar-refractivity contribution in [3.05, 3.63) is 82.1 Å². The molecule has 0 aliphatic carbocycles. The molecule has 0 aliphatic heterocycles. The quantitative estimate of drug-likeness (QED) is 0.507. The maximum absolute atomic E-state index is 13.6. The lowest BCUT2D eigenvalue weighted by molar-refractivity contribution is -0.143. The summed E-state index contributed by atoms with van der Waals surface area (Å²) < 4.78 is 79.8. The van der Waals surface area contributed by atoms with Crippen molar-refractivity contribution in [1.29, 1.82) is 0 Å². The van der Waals surface area contributed by atoms with E-state index in [-0.39, 0.29) is 24.2 Å². The van der Waals surface area contributed by atoms with Gasteiger partial charge in [0.15, 0.2) is 5.69 Å². The van der Waals surface area contributed by atoms with Gasteiger partial charge in [-0.25, -0.2) is 4.68 Å². The molecule has 0 radical (unpaired) electrons. The van der Waals surface area contributed by atoms with Gasteiger partial charge >= 0.3 is 12.4 Å². The van der Waals surface area contributed by atoms with Crippen molar-refractivity contribution < 1.29 is 31.1 Å². The first-order valence-electron chi connectivity index (χ1n) is 8.82. The zero-order chi connectivity index (χ0) is 22.8. The Morgan fingerprint density at radius 1 is 1.00 bits per heavy atom. The van der Waals surface area contributed by atoms with E-state index < -0.39 is 35.1 Å². The molecule has 0 fully saturated rings. The molecule has 11 heteroatoms. The van der Waals surface area contributed by atoms with Crippen molar-refractivity contribution in [1.82, 2.24) is 15.1 Å². The summed E-state index contributed by atoms with van der Waals surface area (Å²) >= 11 is 5.75. The van der Waals surface area contributed by atoms with Gasteiger partial charge in [-0.2, -0.15) is 31.4 Å². The number of carbonyl (C=O) groups excluding carboxylic acids is 1. The Balaban J connectivity index is 1.77. The fourth-order valence-electron chi connectivity index (χ4n) is 2.88. The summed E-state index contributed by atoms with van der Waals surface area (Å²) in [5.41, 5.74) is -2.49. The van der Waals surface area contributed by atoms with E-state index in [0.717, 1.165) is 18.3 Å². The zero-order valence-electron chi connectivity index (χ0n) is 15.6. The standard InChI is InChI=1S/C20H14ClF6N3O/c21-14-4-6-15(7-5-14)30-17(20(25,26)27)16(11-29-30)18(31)28-9-8-12-2-1-3-13(10-12)19(22,23)24/h1-7,10-11H,8-9H2,(H,28,31). The molecule has 164 valence electrons. The summed E-state index contributed by atoms with van der Waals surface area (Å²) in [5.74, 6) is -1.04. The summed E-state index contributed by atoms with van der Waals surface area (Å²) in [6, 6.07) is 9.88. The van der Waals surface area contributed by atoms with Crippen molar-refractivity contribution in [3.8, 4) is 5.69 Å². The SMILES string of the molecule is O=C(NCCc1cccc(C(F)(F)F)c1)c1cnn(-c2ccc(Cl)cc2)c1C(F)(F)F. The number of nitrogens with zero attached hydrogens (tertiary/aromatic N) is 2. The van der Waals surface area contributed by atoms with Crippen molar-refractivity contribution in [2.75, 3.05) is 6.54 Å². The second kappa shape index (κ2) is 8.62. The van der Waals surface area contributed by atoms with Crippen LogP contribution < -0.4 is 5.32 Å². The molecular weight excluding hydrogens is 448 g/mol. The fourth-order valence-corrected chi connectivity index (χ4v) is 3.01. The third kappa shape index (κ3) is 5.38. The first-order chi connectivity index (χ1) is 14.5. The first kappa shape index (κ1) is 22.7. The lowest BCUT2D eigenvalue weighted by atomic mass is 10.1. The summed E-state index contributed by atoms with van der Waals surface area (Å²) in [5, 5.41) is 6.29. The topological polar surface area (TPSA) is 46.9 Å². The number of aromatic nitrogens is 2. The van der Waals surface area contributed by atoms with Crippen LogP contribution in [0.4, 0.5) is 26.3 Å². The Labute approximate surface area is 177 Å². The molecule has 0 saturated carbocycles. The Morgan fingerprint density at radius 3 is 2.29 bits per heavy atom. The average Bonchev–Trinajstić information content (AvgIpc) is 3.14. The maximum Gasteiger partial charge on any atom is 0.434 e. The van der Waals surface area contributed by atoms with Crippen LogP contribution in [0.25, 0.3) is 5.69 Å². The smallest absolute Gasteiger partial charge is 0.352 e. The number of amides is 1. The van der Waals surface area contributed by atoms with Crippen LogP contribution in [-0.2, 0) is 18.8 Å². The zero-order valence-corrected chi connectivity index (χ0v) is 16.3. The number of rotatable bonds is 5. The molecule has 4 nitrogen and oxygen atoms in total. The van der Waals surface area contributed by atoms with Gasteiger partial charge in [0.1, 0.15) is 0 Å². The molecule has 0 bridgehead atoms. The number of halogens is 7. The minimum Gasteiger partial charge on any atom is -0.352 e. The molecule has 1 heterocycles. The van der Waals surface area contributed by atoms with Crippen molar-refractivity contribution in [2.45, 2.75) is 18.8 Å². The lowest BCUT2D eigenvalue weighted by Gasteiger charge is -2.13. The highest BCUT2D eigenvalue weighted by molar-refractivity contribution is 6.30. The molecule has 3 rings (SSSR count). The highest BCUT2D eigenvalue weighted by Crippen LogP contribution is 2.34. The van der Waals surface area contributed by atoms with E-state index in [9.17, 15) is 31.1 Å². The van der Waals surface area contributed by atoms with Gasteiger partial charge in [-0.1, -0.05) is 29.8 Å². The van der Waals surface area contributed by atoms with Crippen LogP contribution in [0.3, 0.4) is 0 Å². The summed E-state index contributed by atoms with van der Waals surface area (Å²) in [4.78, 5) is 12.4. The molecule has 0 saturated heterocycles. The molecule has 1 aromatic heterocycles. The van der Waals surface area contributed by atoms with Crippen LogP contribution >= 0.6 is 11.6 Å². The number of benzene rings is 2. The number of alkyl halides is 6. The molecule has 3 aromatic rings. The van der Waals surface area contributed by atoms with Gasteiger partial charge in [0.25, 0.3) is 5.91 Å².